The summed E-state index contributed by atoms with van der Waals surface area (Å²) in [6.45, 7) is 6.03. The normalized spacial score (nSPS) is 26.9. The topological polar surface area (TPSA) is 133 Å². The summed E-state index contributed by atoms with van der Waals surface area (Å²) in [7, 11) is -2.44. The number of hydrogen-bond donors (Lipinski definition) is 2. The molecule has 6 atom stereocenters. The number of fused-ring (bicyclic) bond motifs is 2. The highest BCUT2D eigenvalue weighted by molar-refractivity contribution is 7.89. The fraction of sp³-hybridized carbons (Fsp3) is 0.629. The molecule has 2 N–H and O–H groups in total. The largest absolute Gasteiger partial charge is 0.497 e. The molecule has 0 radical (unpaired) electrons. The van der Waals surface area contributed by atoms with Crippen molar-refractivity contribution >= 4 is 16.0 Å². The lowest BCUT2D eigenvalue weighted by Crippen LogP contribution is -2.44. The van der Waals surface area contributed by atoms with Crippen LogP contribution < -0.4 is 14.8 Å². The minimum absolute atomic E-state index is 0.00555. The van der Waals surface area contributed by atoms with Crippen molar-refractivity contribution in [3.8, 4) is 11.5 Å². The van der Waals surface area contributed by atoms with E-state index in [0.29, 0.717) is 25.4 Å². The number of aliphatic hydroxyl groups excluding tert-OH is 1. The minimum atomic E-state index is -3.96. The molecule has 3 aliphatic rings. The third-order valence-electron chi connectivity index (χ3n) is 9.13. The molecule has 0 aliphatic carbocycles. The van der Waals surface area contributed by atoms with Crippen molar-refractivity contribution in [2.24, 2.45) is 17.8 Å². The number of carbonyl (C=O) groups is 1. The molecule has 2 saturated heterocycles. The van der Waals surface area contributed by atoms with E-state index in [1.165, 1.54) is 23.5 Å². The summed E-state index contributed by atoms with van der Waals surface area (Å²) in [5, 5.41) is 15.3. The molecule has 0 amide bonds. The predicted molar refractivity (Wildman–Crippen MR) is 176 cm³/mol. The van der Waals surface area contributed by atoms with E-state index in [1.807, 2.05) is 38.1 Å². The lowest BCUT2D eigenvalue weighted by atomic mass is 9.90. The van der Waals surface area contributed by atoms with E-state index in [2.05, 4.69) is 5.32 Å². The zero-order valence-electron chi connectivity index (χ0n) is 27.7. The first-order valence-corrected chi connectivity index (χ1v) is 18.3. The summed E-state index contributed by atoms with van der Waals surface area (Å²) >= 11 is 0. The third-order valence-corrected chi connectivity index (χ3v) is 11.0. The zero-order chi connectivity index (χ0) is 33.4. The van der Waals surface area contributed by atoms with Gasteiger partial charge in [0.2, 0.25) is 10.0 Å². The maximum Gasteiger partial charge on any atom is 0.306 e. The molecular weight excluding hydrogens is 624 g/mol. The lowest BCUT2D eigenvalue weighted by Gasteiger charge is -2.30. The number of sulfonamides is 1. The van der Waals surface area contributed by atoms with Crippen molar-refractivity contribution in [1.29, 1.82) is 0 Å². The molecule has 12 heteroatoms. The summed E-state index contributed by atoms with van der Waals surface area (Å²) in [4.78, 5) is 13.7. The van der Waals surface area contributed by atoms with E-state index in [0.717, 1.165) is 43.5 Å². The average molecular weight is 675 g/mol. The Morgan fingerprint density at radius 2 is 1.77 bits per heavy atom. The van der Waals surface area contributed by atoms with E-state index in [1.54, 1.807) is 12.1 Å². The Morgan fingerprint density at radius 1 is 1.00 bits per heavy atom. The summed E-state index contributed by atoms with van der Waals surface area (Å²) in [6, 6.07) is 13.9. The number of hydrogen-bond acceptors (Lipinski definition) is 10. The van der Waals surface area contributed by atoms with E-state index >= 15 is 0 Å². The maximum absolute atomic E-state index is 13.8. The molecule has 2 fully saturated rings. The molecule has 11 nitrogen and oxygen atoms in total. The lowest BCUT2D eigenvalue weighted by molar-refractivity contribution is -0.153. The number of aliphatic hydroxyl groups is 1. The highest BCUT2D eigenvalue weighted by Gasteiger charge is 2.49. The monoisotopic (exact) mass is 674 g/mol. The first kappa shape index (κ1) is 35.6. The first-order chi connectivity index (χ1) is 22.6. The second kappa shape index (κ2) is 16.6. The number of esters is 1. The second-order valence-corrected chi connectivity index (χ2v) is 15.2. The maximum atomic E-state index is 13.8. The molecule has 2 aromatic rings. The third kappa shape index (κ3) is 9.45. The molecule has 0 saturated carbocycles. The van der Waals surface area contributed by atoms with Crippen molar-refractivity contribution in [1.82, 2.24) is 9.62 Å². The number of rotatable bonds is 8. The highest BCUT2D eigenvalue weighted by Crippen LogP contribution is 2.34. The summed E-state index contributed by atoms with van der Waals surface area (Å²) < 4.78 is 57.9. The van der Waals surface area contributed by atoms with Crippen molar-refractivity contribution in [3.63, 3.8) is 0 Å². The van der Waals surface area contributed by atoms with Crippen LogP contribution in [0.2, 0.25) is 0 Å². The van der Waals surface area contributed by atoms with Gasteiger partial charge in [-0.15, -0.1) is 0 Å². The quantitative estimate of drug-likeness (QED) is 0.399. The van der Waals surface area contributed by atoms with Crippen LogP contribution in [0.1, 0.15) is 51.5 Å². The van der Waals surface area contributed by atoms with Gasteiger partial charge in [-0.05, 0) is 73.7 Å². The first-order valence-electron chi connectivity index (χ1n) is 16.8. The average Bonchev–Trinajstić information content (AvgIpc) is 3.64. The van der Waals surface area contributed by atoms with Gasteiger partial charge in [-0.25, -0.2) is 8.42 Å². The Hall–Kier alpha value is -2.74. The number of carbonyl (C=O) groups excluding carboxylic acids is 1. The van der Waals surface area contributed by atoms with Crippen LogP contribution >= 0.6 is 0 Å². The Bertz CT molecular complexity index is 1400. The molecule has 260 valence electrons. The molecule has 5 rings (SSSR count). The van der Waals surface area contributed by atoms with Gasteiger partial charge < -0.3 is 34.1 Å². The summed E-state index contributed by atoms with van der Waals surface area (Å²) in [5.41, 5.74) is 0.878. The molecule has 47 heavy (non-hydrogen) atoms. The van der Waals surface area contributed by atoms with Gasteiger partial charge in [0.15, 0.2) is 6.29 Å². The van der Waals surface area contributed by atoms with Gasteiger partial charge in [0, 0.05) is 25.0 Å². The summed E-state index contributed by atoms with van der Waals surface area (Å²) in [6.07, 6.45) is 2.26. The number of benzene rings is 2. The molecule has 2 aromatic carbocycles. The van der Waals surface area contributed by atoms with Crippen LogP contribution in [-0.4, -0.2) is 94.9 Å². The van der Waals surface area contributed by atoms with Crippen molar-refractivity contribution in [3.05, 3.63) is 54.1 Å². The van der Waals surface area contributed by atoms with Gasteiger partial charge in [0.25, 0.3) is 0 Å². The molecule has 0 aromatic heterocycles. The van der Waals surface area contributed by atoms with Gasteiger partial charge in [0.05, 0.1) is 50.3 Å². The van der Waals surface area contributed by atoms with Crippen molar-refractivity contribution < 1.29 is 42.0 Å². The number of nitrogens with zero attached hydrogens (tertiary/aromatic N) is 1. The van der Waals surface area contributed by atoms with Gasteiger partial charge in [-0.1, -0.05) is 38.8 Å². The Labute approximate surface area is 278 Å². The number of ether oxygens (including phenoxy) is 5. The van der Waals surface area contributed by atoms with Gasteiger partial charge in [0.1, 0.15) is 17.6 Å². The van der Waals surface area contributed by atoms with Gasteiger partial charge in [-0.3, -0.25) is 4.79 Å². The van der Waals surface area contributed by atoms with E-state index < -0.39 is 40.4 Å². The summed E-state index contributed by atoms with van der Waals surface area (Å²) in [5.74, 6) is 0.0466. The van der Waals surface area contributed by atoms with Crippen LogP contribution in [0.4, 0.5) is 0 Å². The Kier molecular flexibility index (Phi) is 12.5. The minimum Gasteiger partial charge on any atom is -0.497 e. The van der Waals surface area contributed by atoms with Crippen LogP contribution in [0.5, 0.6) is 11.5 Å². The van der Waals surface area contributed by atoms with Crippen LogP contribution in [0, 0.1) is 17.8 Å². The molecule has 0 unspecified atom stereocenters. The predicted octanol–water partition coefficient (Wildman–Crippen LogP) is 3.78. The molecule has 2 bridgehead atoms. The second-order valence-electron chi connectivity index (χ2n) is 13.2. The molecular formula is C35H50N2O9S. The zero-order valence-corrected chi connectivity index (χ0v) is 28.5. The highest BCUT2D eigenvalue weighted by atomic mass is 32.2. The fourth-order valence-electron chi connectivity index (χ4n) is 6.64. The molecule has 0 spiro atoms. The van der Waals surface area contributed by atoms with Crippen molar-refractivity contribution in [2.75, 3.05) is 46.6 Å². The van der Waals surface area contributed by atoms with E-state index in [9.17, 15) is 18.3 Å². The SMILES string of the molecule is COc1ccc(S(=O)(=O)N(CC(C)C)C[C@@H](O)[C@H]2CC(=O)O[C@H]3CO[C@H]4OC[C@H](NCCCCCCOc5cccc(c5)C2)[C@H]43)cc1. The Balaban J connectivity index is 1.38. The fourth-order valence-corrected chi connectivity index (χ4v) is 8.26. The number of nitrogens with one attached hydrogen (secondary N) is 1. The smallest absolute Gasteiger partial charge is 0.306 e. The van der Waals surface area contributed by atoms with Crippen LogP contribution in [-0.2, 0) is 35.4 Å². The molecule has 3 heterocycles. The Morgan fingerprint density at radius 3 is 2.53 bits per heavy atom. The van der Waals surface area contributed by atoms with E-state index in [4.69, 9.17) is 23.7 Å². The van der Waals surface area contributed by atoms with Crippen LogP contribution in [0.3, 0.4) is 0 Å². The van der Waals surface area contributed by atoms with Crippen molar-refractivity contribution in [2.45, 2.75) is 81.8 Å². The van der Waals surface area contributed by atoms with Crippen LogP contribution in [0.25, 0.3) is 0 Å². The standard InChI is InChI=1S/C35H50N2O9S/c1-24(2)20-37(47(40,41)29-13-11-27(42-3)12-14-29)21-31(38)26-17-25-9-8-10-28(18-25)43-16-7-5-4-6-15-36-30-22-44-35-34(30)32(23-45-35)46-33(39)19-26/h8-14,18,24,26,30-32,34-36,38H,4-7,15-17,19-23H2,1-3H3/t26-,30+,31-,32+,34+,35-/m1/s1. The molecule has 3 aliphatic heterocycles. The van der Waals surface area contributed by atoms with E-state index in [-0.39, 0.29) is 48.9 Å². The van der Waals surface area contributed by atoms with Crippen LogP contribution in [0.15, 0.2) is 53.4 Å². The van der Waals surface area contributed by atoms with Gasteiger partial charge >= 0.3 is 5.97 Å². The number of methoxy groups -OCH3 is 1. The van der Waals surface area contributed by atoms with Gasteiger partial charge in [-0.2, -0.15) is 4.31 Å².